The van der Waals surface area contributed by atoms with Gasteiger partial charge in [-0.3, -0.25) is 0 Å². The molecule has 1 aromatic carbocycles. The first kappa shape index (κ1) is 15.5. The summed E-state index contributed by atoms with van der Waals surface area (Å²) >= 11 is 1.48. The van der Waals surface area contributed by atoms with Gasteiger partial charge in [0.2, 0.25) is 0 Å². The van der Waals surface area contributed by atoms with Gasteiger partial charge in [-0.1, -0.05) is 6.07 Å². The minimum Gasteiger partial charge on any atom is -0.384 e. The molecule has 21 heavy (non-hydrogen) atoms. The van der Waals surface area contributed by atoms with Gasteiger partial charge in [-0.15, -0.1) is 0 Å². The zero-order valence-corrected chi connectivity index (χ0v) is 12.6. The molecule has 0 aliphatic carbocycles. The molecule has 0 aliphatic heterocycles. The molecule has 1 atom stereocenters. The number of nitrogens with one attached hydrogen (secondary N) is 2. The number of rotatable bonds is 4. The lowest BCUT2D eigenvalue weighted by Crippen LogP contribution is -2.40. The summed E-state index contributed by atoms with van der Waals surface area (Å²) in [6, 6.07) is 5.50. The van der Waals surface area contributed by atoms with Crippen molar-refractivity contribution in [2.24, 2.45) is 0 Å². The van der Waals surface area contributed by atoms with Crippen LogP contribution in [0.2, 0.25) is 0 Å². The molecule has 4 nitrogen and oxygen atoms in total. The normalized spacial score (nSPS) is 13.5. The fraction of sp³-hybridized carbons (Fsp3) is 0.267. The third kappa shape index (κ3) is 4.03. The van der Waals surface area contributed by atoms with Crippen molar-refractivity contribution in [1.29, 1.82) is 0 Å². The molecule has 1 unspecified atom stereocenters. The summed E-state index contributed by atoms with van der Waals surface area (Å²) in [5.74, 6) is -0.416. The van der Waals surface area contributed by atoms with E-state index in [1.807, 2.05) is 10.8 Å². The van der Waals surface area contributed by atoms with Crippen LogP contribution in [0, 0.1) is 12.7 Å². The second-order valence-corrected chi connectivity index (χ2v) is 5.83. The summed E-state index contributed by atoms with van der Waals surface area (Å²) in [6.45, 7) is 3.46. The van der Waals surface area contributed by atoms with Crippen LogP contribution >= 0.6 is 11.3 Å². The predicted molar refractivity (Wildman–Crippen MR) is 82.0 cm³/mol. The van der Waals surface area contributed by atoms with Crippen molar-refractivity contribution >= 4 is 23.1 Å². The van der Waals surface area contributed by atoms with Gasteiger partial charge in [0.1, 0.15) is 11.4 Å². The molecule has 2 amide bonds. The van der Waals surface area contributed by atoms with Gasteiger partial charge >= 0.3 is 6.03 Å². The average Bonchev–Trinajstić information content (AvgIpc) is 2.96. The van der Waals surface area contributed by atoms with E-state index < -0.39 is 17.4 Å². The first-order valence-corrected chi connectivity index (χ1v) is 7.39. The van der Waals surface area contributed by atoms with Crippen molar-refractivity contribution in [2.75, 3.05) is 11.9 Å². The van der Waals surface area contributed by atoms with Gasteiger partial charge in [-0.25, -0.2) is 9.18 Å². The maximum absolute atomic E-state index is 13.1. The van der Waals surface area contributed by atoms with E-state index in [1.54, 1.807) is 26.0 Å². The largest absolute Gasteiger partial charge is 0.384 e. The molecule has 0 fully saturated rings. The molecule has 0 bridgehead atoms. The van der Waals surface area contributed by atoms with Crippen LogP contribution in [0.25, 0.3) is 0 Å². The van der Waals surface area contributed by atoms with Crippen molar-refractivity contribution < 1.29 is 14.3 Å². The SMILES string of the molecule is Cc1ccc(F)cc1NC(=O)NCC(C)(O)c1ccsc1. The van der Waals surface area contributed by atoms with Crippen molar-refractivity contribution in [3.63, 3.8) is 0 Å². The number of hydrogen-bond acceptors (Lipinski definition) is 3. The van der Waals surface area contributed by atoms with Crippen LogP contribution in [0.4, 0.5) is 14.9 Å². The van der Waals surface area contributed by atoms with E-state index in [1.165, 1.54) is 23.5 Å². The quantitative estimate of drug-likeness (QED) is 0.812. The van der Waals surface area contributed by atoms with Crippen molar-refractivity contribution in [3.8, 4) is 0 Å². The number of carbonyl (C=O) groups is 1. The zero-order chi connectivity index (χ0) is 15.5. The minimum atomic E-state index is -1.14. The average molecular weight is 308 g/mol. The lowest BCUT2D eigenvalue weighted by atomic mass is 9.99. The summed E-state index contributed by atoms with van der Waals surface area (Å²) in [6.07, 6.45) is 0. The van der Waals surface area contributed by atoms with Crippen LogP contribution in [0.5, 0.6) is 0 Å². The molecule has 2 rings (SSSR count). The van der Waals surface area contributed by atoms with Gasteiger partial charge in [-0.05, 0) is 53.9 Å². The highest BCUT2D eigenvalue weighted by Crippen LogP contribution is 2.22. The first-order chi connectivity index (χ1) is 9.88. The van der Waals surface area contributed by atoms with E-state index in [0.717, 1.165) is 11.1 Å². The van der Waals surface area contributed by atoms with Gasteiger partial charge in [0, 0.05) is 5.69 Å². The van der Waals surface area contributed by atoms with Crippen LogP contribution in [0.15, 0.2) is 35.0 Å². The molecular weight excluding hydrogens is 291 g/mol. The lowest BCUT2D eigenvalue weighted by Gasteiger charge is -2.23. The summed E-state index contributed by atoms with van der Waals surface area (Å²) in [7, 11) is 0. The van der Waals surface area contributed by atoms with Gasteiger partial charge < -0.3 is 15.7 Å². The highest BCUT2D eigenvalue weighted by Gasteiger charge is 2.24. The Balaban J connectivity index is 1.95. The number of hydrogen-bond donors (Lipinski definition) is 3. The Labute approximate surface area is 126 Å². The third-order valence-corrected chi connectivity index (χ3v) is 3.87. The summed E-state index contributed by atoms with van der Waals surface area (Å²) in [5, 5.41) is 19.1. The molecule has 112 valence electrons. The number of amides is 2. The number of urea groups is 1. The number of thiophene rings is 1. The Bertz CT molecular complexity index is 627. The Morgan fingerprint density at radius 1 is 1.43 bits per heavy atom. The van der Waals surface area contributed by atoms with Gasteiger partial charge in [0.05, 0.1) is 6.54 Å². The number of aryl methyl sites for hydroxylation is 1. The molecular formula is C15H17FN2O2S. The number of carbonyl (C=O) groups excluding carboxylic acids is 1. The van der Waals surface area contributed by atoms with Crippen molar-refractivity contribution in [2.45, 2.75) is 19.4 Å². The zero-order valence-electron chi connectivity index (χ0n) is 11.8. The number of aliphatic hydroxyl groups is 1. The lowest BCUT2D eigenvalue weighted by molar-refractivity contribution is 0.0604. The predicted octanol–water partition coefficient (Wildman–Crippen LogP) is 3.22. The molecule has 3 N–H and O–H groups in total. The number of benzene rings is 1. The van der Waals surface area contributed by atoms with Crippen molar-refractivity contribution in [1.82, 2.24) is 5.32 Å². The van der Waals surface area contributed by atoms with Gasteiger partial charge in [-0.2, -0.15) is 11.3 Å². The number of halogens is 1. The molecule has 0 radical (unpaired) electrons. The third-order valence-electron chi connectivity index (χ3n) is 3.18. The Morgan fingerprint density at radius 2 is 2.19 bits per heavy atom. The Kier molecular flexibility index (Phi) is 4.59. The van der Waals surface area contributed by atoms with Crippen LogP contribution in [-0.2, 0) is 5.60 Å². The molecule has 1 heterocycles. The van der Waals surface area contributed by atoms with E-state index >= 15 is 0 Å². The first-order valence-electron chi connectivity index (χ1n) is 6.44. The van der Waals surface area contributed by atoms with Crippen LogP contribution in [0.3, 0.4) is 0 Å². The van der Waals surface area contributed by atoms with E-state index in [-0.39, 0.29) is 6.54 Å². The van der Waals surface area contributed by atoms with Crippen LogP contribution in [-0.4, -0.2) is 17.7 Å². The molecule has 1 aromatic heterocycles. The maximum Gasteiger partial charge on any atom is 0.319 e. The molecule has 2 aromatic rings. The monoisotopic (exact) mass is 308 g/mol. The Hall–Kier alpha value is -1.92. The molecule has 0 saturated carbocycles. The highest BCUT2D eigenvalue weighted by atomic mass is 32.1. The summed E-state index contributed by atoms with van der Waals surface area (Å²) in [4.78, 5) is 11.8. The molecule has 6 heteroatoms. The highest BCUT2D eigenvalue weighted by molar-refractivity contribution is 7.08. The standard InChI is InChI=1S/C15H17FN2O2S/c1-10-3-4-12(16)7-13(10)18-14(19)17-9-15(2,20)11-5-6-21-8-11/h3-8,20H,9H2,1-2H3,(H2,17,18,19). The van der Waals surface area contributed by atoms with Gasteiger partial charge in [0.15, 0.2) is 0 Å². The second-order valence-electron chi connectivity index (χ2n) is 5.05. The van der Waals surface area contributed by atoms with E-state index in [9.17, 15) is 14.3 Å². The van der Waals surface area contributed by atoms with E-state index in [4.69, 9.17) is 0 Å². The van der Waals surface area contributed by atoms with Crippen molar-refractivity contribution in [3.05, 3.63) is 52.0 Å². The van der Waals surface area contributed by atoms with Crippen LogP contribution in [0.1, 0.15) is 18.1 Å². The van der Waals surface area contributed by atoms with Crippen LogP contribution < -0.4 is 10.6 Å². The fourth-order valence-electron chi connectivity index (χ4n) is 1.82. The second kappa shape index (κ2) is 6.24. The minimum absolute atomic E-state index is 0.0595. The smallest absolute Gasteiger partial charge is 0.319 e. The molecule has 0 spiro atoms. The Morgan fingerprint density at radius 3 is 2.86 bits per heavy atom. The van der Waals surface area contributed by atoms with E-state index in [0.29, 0.717) is 5.69 Å². The maximum atomic E-state index is 13.1. The topological polar surface area (TPSA) is 61.4 Å². The fourth-order valence-corrected chi connectivity index (χ4v) is 2.60. The summed E-state index contributed by atoms with van der Waals surface area (Å²) in [5.41, 5.74) is 0.766. The molecule has 0 saturated heterocycles. The molecule has 0 aliphatic rings. The van der Waals surface area contributed by atoms with E-state index in [2.05, 4.69) is 10.6 Å². The summed E-state index contributed by atoms with van der Waals surface area (Å²) < 4.78 is 13.1. The number of anilines is 1. The van der Waals surface area contributed by atoms with Gasteiger partial charge in [0.25, 0.3) is 0 Å².